The number of para-hydroxylation sites is 1. The standard InChI is InChI=1S/C21H29N3O3S/c1-5-24(28(4,26)27)15-9-14-22-21(25)18-11-6-7-12-20(18)23-19-13-8-10-16(2)17(19)3/h6-8,10-13,23H,5,9,14-15H2,1-4H3,(H,22,25). The lowest BCUT2D eigenvalue weighted by Gasteiger charge is -2.18. The van der Waals surface area contributed by atoms with Gasteiger partial charge in [-0.2, -0.15) is 0 Å². The van der Waals surface area contributed by atoms with Crippen LogP contribution in [0.15, 0.2) is 42.5 Å². The van der Waals surface area contributed by atoms with Gasteiger partial charge in [0.25, 0.3) is 5.91 Å². The molecular formula is C21H29N3O3S. The van der Waals surface area contributed by atoms with E-state index in [0.29, 0.717) is 31.6 Å². The van der Waals surface area contributed by atoms with Crippen molar-refractivity contribution in [1.29, 1.82) is 0 Å². The van der Waals surface area contributed by atoms with Gasteiger partial charge in [0.05, 0.1) is 17.5 Å². The van der Waals surface area contributed by atoms with Gasteiger partial charge in [-0.25, -0.2) is 12.7 Å². The number of nitrogens with zero attached hydrogens (tertiary/aromatic N) is 1. The van der Waals surface area contributed by atoms with Gasteiger partial charge in [0.2, 0.25) is 10.0 Å². The number of benzene rings is 2. The van der Waals surface area contributed by atoms with E-state index < -0.39 is 10.0 Å². The van der Waals surface area contributed by atoms with E-state index in [-0.39, 0.29) is 5.91 Å². The second kappa shape index (κ2) is 9.71. The topological polar surface area (TPSA) is 78.5 Å². The van der Waals surface area contributed by atoms with E-state index in [1.54, 1.807) is 13.0 Å². The highest BCUT2D eigenvalue weighted by atomic mass is 32.2. The molecule has 2 rings (SSSR count). The monoisotopic (exact) mass is 403 g/mol. The van der Waals surface area contributed by atoms with Crippen molar-refractivity contribution in [2.45, 2.75) is 27.2 Å². The zero-order chi connectivity index (χ0) is 20.7. The smallest absolute Gasteiger partial charge is 0.253 e. The SMILES string of the molecule is CCN(CCCNC(=O)c1ccccc1Nc1cccc(C)c1C)S(C)(=O)=O. The van der Waals surface area contributed by atoms with Crippen molar-refractivity contribution in [1.82, 2.24) is 9.62 Å². The highest BCUT2D eigenvalue weighted by molar-refractivity contribution is 7.88. The second-order valence-corrected chi connectivity index (χ2v) is 8.76. The molecule has 0 aliphatic rings. The highest BCUT2D eigenvalue weighted by Crippen LogP contribution is 2.25. The van der Waals surface area contributed by atoms with Gasteiger partial charge < -0.3 is 10.6 Å². The van der Waals surface area contributed by atoms with Gasteiger partial charge in [-0.15, -0.1) is 0 Å². The van der Waals surface area contributed by atoms with E-state index in [9.17, 15) is 13.2 Å². The van der Waals surface area contributed by atoms with Crippen molar-refractivity contribution in [3.8, 4) is 0 Å². The molecular weight excluding hydrogens is 374 g/mol. The molecule has 0 aromatic heterocycles. The van der Waals surface area contributed by atoms with Gasteiger partial charge in [0, 0.05) is 25.3 Å². The summed E-state index contributed by atoms with van der Waals surface area (Å²) in [6.07, 6.45) is 1.75. The summed E-state index contributed by atoms with van der Waals surface area (Å²) < 4.78 is 24.6. The summed E-state index contributed by atoms with van der Waals surface area (Å²) in [5.41, 5.74) is 4.57. The number of anilines is 2. The third-order valence-corrected chi connectivity index (χ3v) is 6.12. The molecule has 28 heavy (non-hydrogen) atoms. The molecule has 0 saturated heterocycles. The summed E-state index contributed by atoms with van der Waals surface area (Å²) in [6.45, 7) is 7.11. The fourth-order valence-corrected chi connectivity index (χ4v) is 3.86. The molecule has 2 aromatic rings. The Kier molecular flexibility index (Phi) is 7.60. The minimum Gasteiger partial charge on any atom is -0.355 e. The Balaban J connectivity index is 2.02. The fraction of sp³-hybridized carbons (Fsp3) is 0.381. The van der Waals surface area contributed by atoms with E-state index in [4.69, 9.17) is 0 Å². The maximum Gasteiger partial charge on any atom is 0.253 e. The molecule has 0 bridgehead atoms. The molecule has 0 atom stereocenters. The Morgan fingerprint density at radius 1 is 1.04 bits per heavy atom. The van der Waals surface area contributed by atoms with Crippen LogP contribution in [0.5, 0.6) is 0 Å². The average Bonchev–Trinajstić information content (AvgIpc) is 2.64. The Hall–Kier alpha value is -2.38. The van der Waals surface area contributed by atoms with Gasteiger partial charge in [-0.05, 0) is 49.6 Å². The summed E-state index contributed by atoms with van der Waals surface area (Å²) in [4.78, 5) is 12.6. The van der Waals surface area contributed by atoms with Crippen molar-refractivity contribution in [2.75, 3.05) is 31.2 Å². The van der Waals surface area contributed by atoms with E-state index in [0.717, 1.165) is 16.9 Å². The lowest BCUT2D eigenvalue weighted by atomic mass is 10.1. The molecule has 0 saturated carbocycles. The van der Waals surface area contributed by atoms with Crippen molar-refractivity contribution >= 4 is 27.3 Å². The van der Waals surface area contributed by atoms with Crippen LogP contribution in [0.25, 0.3) is 0 Å². The Morgan fingerprint density at radius 2 is 1.71 bits per heavy atom. The van der Waals surface area contributed by atoms with Crippen LogP contribution in [0.3, 0.4) is 0 Å². The van der Waals surface area contributed by atoms with Crippen molar-refractivity contribution in [3.05, 3.63) is 59.2 Å². The molecule has 0 spiro atoms. The summed E-state index contributed by atoms with van der Waals surface area (Å²) in [7, 11) is -3.21. The van der Waals surface area contributed by atoms with E-state index in [2.05, 4.69) is 23.6 Å². The van der Waals surface area contributed by atoms with Crippen LogP contribution in [-0.4, -0.2) is 44.5 Å². The van der Waals surface area contributed by atoms with Gasteiger partial charge in [-0.1, -0.05) is 31.2 Å². The predicted molar refractivity (Wildman–Crippen MR) is 115 cm³/mol. The van der Waals surface area contributed by atoms with Crippen molar-refractivity contribution < 1.29 is 13.2 Å². The number of aryl methyl sites for hydroxylation is 1. The summed E-state index contributed by atoms with van der Waals surface area (Å²) >= 11 is 0. The molecule has 152 valence electrons. The van der Waals surface area contributed by atoms with Gasteiger partial charge >= 0.3 is 0 Å². The minimum atomic E-state index is -3.21. The van der Waals surface area contributed by atoms with E-state index in [1.165, 1.54) is 16.1 Å². The number of sulfonamides is 1. The van der Waals surface area contributed by atoms with Crippen LogP contribution in [0.1, 0.15) is 34.8 Å². The molecule has 0 unspecified atom stereocenters. The maximum atomic E-state index is 12.6. The Morgan fingerprint density at radius 3 is 2.39 bits per heavy atom. The molecule has 0 aliphatic carbocycles. The third-order valence-electron chi connectivity index (χ3n) is 4.74. The first-order chi connectivity index (χ1) is 13.2. The van der Waals surface area contributed by atoms with Gasteiger partial charge in [-0.3, -0.25) is 4.79 Å². The lowest BCUT2D eigenvalue weighted by Crippen LogP contribution is -2.33. The van der Waals surface area contributed by atoms with Crippen LogP contribution in [-0.2, 0) is 10.0 Å². The predicted octanol–water partition coefficient (Wildman–Crippen LogP) is 3.45. The second-order valence-electron chi connectivity index (χ2n) is 6.78. The molecule has 0 heterocycles. The molecule has 7 heteroatoms. The van der Waals surface area contributed by atoms with E-state index in [1.807, 2.05) is 37.3 Å². The highest BCUT2D eigenvalue weighted by Gasteiger charge is 2.15. The maximum absolute atomic E-state index is 12.6. The number of nitrogens with one attached hydrogen (secondary N) is 2. The van der Waals surface area contributed by atoms with Gasteiger partial charge in [0.1, 0.15) is 0 Å². The van der Waals surface area contributed by atoms with Crippen LogP contribution < -0.4 is 10.6 Å². The Labute approximate surface area is 168 Å². The molecule has 6 nitrogen and oxygen atoms in total. The molecule has 2 aromatic carbocycles. The van der Waals surface area contributed by atoms with Crippen LogP contribution in [0.2, 0.25) is 0 Å². The zero-order valence-electron chi connectivity index (χ0n) is 17.0. The number of hydrogen-bond acceptors (Lipinski definition) is 4. The Bertz CT molecular complexity index is 926. The van der Waals surface area contributed by atoms with E-state index >= 15 is 0 Å². The number of amides is 1. The first-order valence-corrected chi connectivity index (χ1v) is 11.2. The van der Waals surface area contributed by atoms with Crippen LogP contribution >= 0.6 is 0 Å². The molecule has 0 aliphatic heterocycles. The van der Waals surface area contributed by atoms with Crippen molar-refractivity contribution in [2.24, 2.45) is 0 Å². The first-order valence-electron chi connectivity index (χ1n) is 9.39. The van der Waals surface area contributed by atoms with Gasteiger partial charge in [0.15, 0.2) is 0 Å². The normalized spacial score (nSPS) is 11.5. The molecule has 0 fully saturated rings. The zero-order valence-corrected chi connectivity index (χ0v) is 17.8. The number of carbonyl (C=O) groups excluding carboxylic acids is 1. The van der Waals surface area contributed by atoms with Crippen LogP contribution in [0, 0.1) is 13.8 Å². The summed E-state index contributed by atoms with van der Waals surface area (Å²) in [5, 5.41) is 6.23. The largest absolute Gasteiger partial charge is 0.355 e. The molecule has 1 amide bonds. The first kappa shape index (κ1) is 21.9. The number of hydrogen-bond donors (Lipinski definition) is 2. The lowest BCUT2D eigenvalue weighted by molar-refractivity contribution is 0.0953. The fourth-order valence-electron chi connectivity index (χ4n) is 2.93. The average molecular weight is 404 g/mol. The quantitative estimate of drug-likeness (QED) is 0.629. The summed E-state index contributed by atoms with van der Waals surface area (Å²) in [6, 6.07) is 13.4. The third kappa shape index (κ3) is 5.81. The summed E-state index contributed by atoms with van der Waals surface area (Å²) in [5.74, 6) is -0.184. The number of carbonyl (C=O) groups is 1. The minimum absolute atomic E-state index is 0.184. The van der Waals surface area contributed by atoms with Crippen molar-refractivity contribution in [3.63, 3.8) is 0 Å². The molecule has 0 radical (unpaired) electrons. The number of rotatable bonds is 9. The van der Waals surface area contributed by atoms with Crippen LogP contribution in [0.4, 0.5) is 11.4 Å². The molecule has 2 N–H and O–H groups in total.